The van der Waals surface area contributed by atoms with Crippen LogP contribution >= 0.6 is 0 Å². The molecule has 0 radical (unpaired) electrons. The van der Waals surface area contributed by atoms with Gasteiger partial charge in [-0.15, -0.1) is 0 Å². The van der Waals surface area contributed by atoms with E-state index in [9.17, 15) is 32.5 Å². The lowest BCUT2D eigenvalue weighted by Gasteiger charge is -2.15. The Hall–Kier alpha value is -2.23. The van der Waals surface area contributed by atoms with Crippen molar-refractivity contribution in [3.63, 3.8) is 0 Å². The van der Waals surface area contributed by atoms with Crippen LogP contribution in [-0.4, -0.2) is 35.0 Å². The van der Waals surface area contributed by atoms with Crippen molar-refractivity contribution in [2.75, 3.05) is 6.61 Å². The number of alkyl halides is 4. The number of nitro groups is 1. The first-order valence-electron chi connectivity index (χ1n) is 5.40. The summed E-state index contributed by atoms with van der Waals surface area (Å²) in [7, 11) is 0. The summed E-state index contributed by atoms with van der Waals surface area (Å²) in [6.07, 6.45) is -3.93. The quantitative estimate of drug-likeness (QED) is 0.475. The van der Waals surface area contributed by atoms with E-state index in [-0.39, 0.29) is 5.56 Å². The smallest absolute Gasteiger partial charge is 0.343 e. The van der Waals surface area contributed by atoms with Crippen LogP contribution in [0.2, 0.25) is 0 Å². The van der Waals surface area contributed by atoms with Gasteiger partial charge >= 0.3 is 18.3 Å². The number of ether oxygens (including phenoxy) is 1. The van der Waals surface area contributed by atoms with Gasteiger partial charge in [0.1, 0.15) is 12.2 Å². The van der Waals surface area contributed by atoms with Gasteiger partial charge in [-0.25, -0.2) is 13.6 Å². The second-order valence-corrected chi connectivity index (χ2v) is 3.93. The van der Waals surface area contributed by atoms with Gasteiger partial charge in [-0.05, 0) is 5.56 Å². The first-order valence-corrected chi connectivity index (χ1v) is 5.40. The standard InChI is InChI=1S/C11H9F4NO5/c12-10(13)11(14,15)5-21-4-6-2-1-3-7(16(19)20)8(6)9(17)18/h1-3,10H,4-5H2,(H,17,18). The van der Waals surface area contributed by atoms with Gasteiger partial charge in [-0.2, -0.15) is 8.78 Å². The molecule has 21 heavy (non-hydrogen) atoms. The van der Waals surface area contributed by atoms with Crippen LogP contribution in [0.4, 0.5) is 23.2 Å². The Bertz CT molecular complexity index is 549. The van der Waals surface area contributed by atoms with Gasteiger partial charge < -0.3 is 9.84 Å². The number of benzene rings is 1. The minimum atomic E-state index is -4.38. The third kappa shape index (κ3) is 4.12. The van der Waals surface area contributed by atoms with E-state index < -0.39 is 47.7 Å². The lowest BCUT2D eigenvalue weighted by molar-refractivity contribution is -0.385. The molecular formula is C11H9F4NO5. The summed E-state index contributed by atoms with van der Waals surface area (Å²) < 4.78 is 53.4. The Kier molecular flexibility index (Phi) is 5.19. The summed E-state index contributed by atoms with van der Waals surface area (Å²) in [5.74, 6) is -6.04. The minimum Gasteiger partial charge on any atom is -0.477 e. The molecule has 0 aliphatic heterocycles. The van der Waals surface area contributed by atoms with Crippen molar-refractivity contribution in [2.24, 2.45) is 0 Å². The Morgan fingerprint density at radius 3 is 2.52 bits per heavy atom. The zero-order valence-electron chi connectivity index (χ0n) is 10.3. The topological polar surface area (TPSA) is 89.7 Å². The lowest BCUT2D eigenvalue weighted by atomic mass is 10.1. The molecule has 0 aromatic heterocycles. The molecule has 1 N–H and O–H groups in total. The van der Waals surface area contributed by atoms with Crippen LogP contribution in [0.3, 0.4) is 0 Å². The summed E-state index contributed by atoms with van der Waals surface area (Å²) >= 11 is 0. The molecular weight excluding hydrogens is 302 g/mol. The van der Waals surface area contributed by atoms with E-state index in [4.69, 9.17) is 5.11 Å². The monoisotopic (exact) mass is 311 g/mol. The molecule has 0 unspecified atom stereocenters. The summed E-state index contributed by atoms with van der Waals surface area (Å²) in [5, 5.41) is 19.6. The Morgan fingerprint density at radius 2 is 2.05 bits per heavy atom. The fourth-order valence-electron chi connectivity index (χ4n) is 1.47. The third-order valence-electron chi connectivity index (χ3n) is 2.41. The Labute approximate surface area is 115 Å². The van der Waals surface area contributed by atoms with Gasteiger partial charge in [0, 0.05) is 6.07 Å². The highest BCUT2D eigenvalue weighted by atomic mass is 19.3. The van der Waals surface area contributed by atoms with Gasteiger partial charge in [0.05, 0.1) is 11.5 Å². The van der Waals surface area contributed by atoms with Crippen LogP contribution in [-0.2, 0) is 11.3 Å². The van der Waals surface area contributed by atoms with Crippen molar-refractivity contribution in [3.05, 3.63) is 39.4 Å². The summed E-state index contributed by atoms with van der Waals surface area (Å²) in [6, 6.07) is 3.16. The average Bonchev–Trinajstić information content (AvgIpc) is 2.37. The van der Waals surface area contributed by atoms with E-state index in [1.807, 2.05) is 0 Å². The minimum absolute atomic E-state index is 0.262. The van der Waals surface area contributed by atoms with Gasteiger partial charge in [-0.3, -0.25) is 10.1 Å². The molecule has 0 aliphatic carbocycles. The molecule has 0 amide bonds. The Balaban J connectivity index is 2.92. The molecule has 0 atom stereocenters. The van der Waals surface area contributed by atoms with Crippen LogP contribution in [0.15, 0.2) is 18.2 Å². The van der Waals surface area contributed by atoms with E-state index in [0.717, 1.165) is 18.2 Å². The van der Waals surface area contributed by atoms with Crippen molar-refractivity contribution < 1.29 is 37.1 Å². The maximum atomic E-state index is 12.6. The molecule has 0 fully saturated rings. The summed E-state index contributed by atoms with van der Waals surface area (Å²) in [5.41, 5.74) is -1.74. The zero-order chi connectivity index (χ0) is 16.2. The van der Waals surface area contributed by atoms with E-state index in [0.29, 0.717) is 0 Å². The number of halogens is 4. The van der Waals surface area contributed by atoms with E-state index in [1.54, 1.807) is 0 Å². The second kappa shape index (κ2) is 6.48. The van der Waals surface area contributed by atoms with Crippen LogP contribution in [0.25, 0.3) is 0 Å². The van der Waals surface area contributed by atoms with Gasteiger partial charge in [-0.1, -0.05) is 12.1 Å². The molecule has 10 heteroatoms. The van der Waals surface area contributed by atoms with Crippen LogP contribution < -0.4 is 0 Å². The highest BCUT2D eigenvalue weighted by Gasteiger charge is 2.41. The maximum Gasteiger partial charge on any atom is 0.343 e. The predicted octanol–water partition coefficient (Wildman–Crippen LogP) is 2.71. The lowest BCUT2D eigenvalue weighted by Crippen LogP contribution is -2.32. The molecule has 1 aromatic carbocycles. The summed E-state index contributed by atoms with van der Waals surface area (Å²) in [4.78, 5) is 20.7. The first-order chi connectivity index (χ1) is 9.66. The number of nitro benzene ring substituents is 1. The number of hydrogen-bond donors (Lipinski definition) is 1. The number of hydrogen-bond acceptors (Lipinski definition) is 4. The number of carboxylic acids is 1. The molecule has 1 rings (SSSR count). The van der Waals surface area contributed by atoms with Crippen LogP contribution in [0, 0.1) is 10.1 Å². The second-order valence-electron chi connectivity index (χ2n) is 3.93. The van der Waals surface area contributed by atoms with Gasteiger partial charge in [0.15, 0.2) is 0 Å². The largest absolute Gasteiger partial charge is 0.477 e. The average molecular weight is 311 g/mol. The normalized spacial score (nSPS) is 11.7. The fourth-order valence-corrected chi connectivity index (χ4v) is 1.47. The Morgan fingerprint density at radius 1 is 1.43 bits per heavy atom. The fraction of sp³-hybridized carbons (Fsp3) is 0.364. The molecule has 0 saturated carbocycles. The van der Waals surface area contributed by atoms with Crippen molar-refractivity contribution in [1.29, 1.82) is 0 Å². The van der Waals surface area contributed by atoms with Crippen molar-refractivity contribution in [2.45, 2.75) is 19.0 Å². The number of rotatable bonds is 7. The summed E-state index contributed by atoms with van der Waals surface area (Å²) in [6.45, 7) is -2.40. The molecule has 0 aliphatic rings. The van der Waals surface area contributed by atoms with Crippen molar-refractivity contribution >= 4 is 11.7 Å². The molecule has 6 nitrogen and oxygen atoms in total. The number of carboxylic acid groups (broad SMARTS) is 1. The van der Waals surface area contributed by atoms with Crippen molar-refractivity contribution in [1.82, 2.24) is 0 Å². The highest BCUT2D eigenvalue weighted by molar-refractivity contribution is 5.94. The van der Waals surface area contributed by atoms with E-state index in [1.165, 1.54) is 0 Å². The maximum absolute atomic E-state index is 12.6. The van der Waals surface area contributed by atoms with E-state index >= 15 is 0 Å². The number of aromatic carboxylic acids is 1. The molecule has 1 aromatic rings. The molecule has 0 saturated heterocycles. The van der Waals surface area contributed by atoms with Crippen LogP contribution in [0.5, 0.6) is 0 Å². The van der Waals surface area contributed by atoms with Gasteiger partial charge in [0.25, 0.3) is 5.69 Å². The SMILES string of the molecule is O=C(O)c1c(COCC(F)(F)C(F)F)cccc1[N+](=O)[O-]. The van der Waals surface area contributed by atoms with Gasteiger partial charge in [0.2, 0.25) is 0 Å². The highest BCUT2D eigenvalue weighted by Crippen LogP contribution is 2.26. The van der Waals surface area contributed by atoms with Crippen molar-refractivity contribution in [3.8, 4) is 0 Å². The number of nitrogens with zero attached hydrogens (tertiary/aromatic N) is 1. The first kappa shape index (κ1) is 16.8. The molecule has 116 valence electrons. The molecule has 0 heterocycles. The third-order valence-corrected chi connectivity index (χ3v) is 2.41. The predicted molar refractivity (Wildman–Crippen MR) is 60.7 cm³/mol. The molecule has 0 bridgehead atoms. The van der Waals surface area contributed by atoms with Crippen LogP contribution in [0.1, 0.15) is 15.9 Å². The number of carbonyl (C=O) groups is 1. The zero-order valence-corrected chi connectivity index (χ0v) is 10.3. The molecule has 0 spiro atoms. The van der Waals surface area contributed by atoms with E-state index in [2.05, 4.69) is 4.74 Å².